The number of nitrogens with zero attached hydrogens (tertiary/aromatic N) is 2. The van der Waals surface area contributed by atoms with Crippen LogP contribution in [0.25, 0.3) is 0 Å². The highest BCUT2D eigenvalue weighted by Gasteiger charge is 2.03. The molecule has 0 amide bonds. The molecule has 0 saturated heterocycles. The van der Waals surface area contributed by atoms with Gasteiger partial charge >= 0.3 is 0 Å². The quantitative estimate of drug-likeness (QED) is 0.893. The standard InChI is InChI=1S/C15H19N3O/c1-16-15-10-12(8-9-17-15)11-18(2)13-4-6-14(19-3)7-5-13/h4-10H,11H2,1-3H3,(H,16,17). The van der Waals surface area contributed by atoms with E-state index in [2.05, 4.69) is 40.4 Å². The molecule has 0 aliphatic heterocycles. The molecule has 4 heteroatoms. The summed E-state index contributed by atoms with van der Waals surface area (Å²) in [5, 5.41) is 3.05. The van der Waals surface area contributed by atoms with E-state index < -0.39 is 0 Å². The molecule has 1 N–H and O–H groups in total. The van der Waals surface area contributed by atoms with Crippen molar-refractivity contribution in [1.29, 1.82) is 0 Å². The Hall–Kier alpha value is -2.23. The van der Waals surface area contributed by atoms with Crippen LogP contribution in [0.2, 0.25) is 0 Å². The first-order valence-electron chi connectivity index (χ1n) is 6.21. The average Bonchev–Trinajstić information content (AvgIpc) is 2.47. The molecule has 0 bridgehead atoms. The van der Waals surface area contributed by atoms with E-state index >= 15 is 0 Å². The molecule has 0 fully saturated rings. The van der Waals surface area contributed by atoms with Gasteiger partial charge in [0.2, 0.25) is 0 Å². The molecular weight excluding hydrogens is 238 g/mol. The monoisotopic (exact) mass is 257 g/mol. The third-order valence-corrected chi connectivity index (χ3v) is 3.01. The van der Waals surface area contributed by atoms with Crippen molar-refractivity contribution in [3.8, 4) is 5.75 Å². The first-order valence-corrected chi connectivity index (χ1v) is 6.21. The van der Waals surface area contributed by atoms with Gasteiger partial charge in [-0.15, -0.1) is 0 Å². The van der Waals surface area contributed by atoms with Crippen LogP contribution in [-0.2, 0) is 6.54 Å². The lowest BCUT2D eigenvalue weighted by molar-refractivity contribution is 0.415. The summed E-state index contributed by atoms with van der Waals surface area (Å²) in [4.78, 5) is 6.40. The highest BCUT2D eigenvalue weighted by molar-refractivity contribution is 5.49. The summed E-state index contributed by atoms with van der Waals surface area (Å²) in [7, 11) is 5.62. The van der Waals surface area contributed by atoms with Crippen LogP contribution >= 0.6 is 0 Å². The van der Waals surface area contributed by atoms with E-state index in [0.29, 0.717) is 0 Å². The number of methoxy groups -OCH3 is 1. The van der Waals surface area contributed by atoms with Gasteiger partial charge < -0.3 is 15.0 Å². The van der Waals surface area contributed by atoms with E-state index in [4.69, 9.17) is 4.74 Å². The zero-order chi connectivity index (χ0) is 13.7. The van der Waals surface area contributed by atoms with Crippen molar-refractivity contribution in [3.05, 3.63) is 48.2 Å². The minimum Gasteiger partial charge on any atom is -0.497 e. The molecule has 1 aromatic heterocycles. The second-order valence-electron chi connectivity index (χ2n) is 4.35. The fraction of sp³-hybridized carbons (Fsp3) is 0.267. The van der Waals surface area contributed by atoms with Crippen molar-refractivity contribution in [2.24, 2.45) is 0 Å². The lowest BCUT2D eigenvalue weighted by Gasteiger charge is -2.20. The van der Waals surface area contributed by atoms with E-state index in [0.717, 1.165) is 23.8 Å². The molecule has 0 unspecified atom stereocenters. The van der Waals surface area contributed by atoms with Crippen LogP contribution in [0.3, 0.4) is 0 Å². The highest BCUT2D eigenvalue weighted by atomic mass is 16.5. The summed E-state index contributed by atoms with van der Waals surface area (Å²) in [5.41, 5.74) is 2.38. The van der Waals surface area contributed by atoms with Gasteiger partial charge in [-0.2, -0.15) is 0 Å². The Kier molecular flexibility index (Phi) is 4.23. The summed E-state index contributed by atoms with van der Waals surface area (Å²) in [6.45, 7) is 0.837. The highest BCUT2D eigenvalue weighted by Crippen LogP contribution is 2.20. The van der Waals surface area contributed by atoms with Crippen molar-refractivity contribution in [1.82, 2.24) is 4.98 Å². The third-order valence-electron chi connectivity index (χ3n) is 3.01. The molecule has 0 radical (unpaired) electrons. The van der Waals surface area contributed by atoms with E-state index in [-0.39, 0.29) is 0 Å². The van der Waals surface area contributed by atoms with Crippen LogP contribution in [0.15, 0.2) is 42.6 Å². The predicted molar refractivity (Wildman–Crippen MR) is 78.9 cm³/mol. The van der Waals surface area contributed by atoms with Crippen LogP contribution < -0.4 is 15.0 Å². The number of nitrogens with one attached hydrogen (secondary N) is 1. The van der Waals surface area contributed by atoms with Crippen molar-refractivity contribution >= 4 is 11.5 Å². The Morgan fingerprint density at radius 1 is 1.21 bits per heavy atom. The summed E-state index contributed by atoms with van der Waals surface area (Å²) >= 11 is 0. The number of ether oxygens (including phenoxy) is 1. The molecule has 2 rings (SSSR count). The summed E-state index contributed by atoms with van der Waals surface area (Å²) in [6.07, 6.45) is 1.82. The molecule has 0 aliphatic carbocycles. The van der Waals surface area contributed by atoms with Crippen LogP contribution in [0, 0.1) is 0 Å². The average molecular weight is 257 g/mol. The van der Waals surface area contributed by atoms with Crippen molar-refractivity contribution in [2.45, 2.75) is 6.54 Å². The first kappa shape index (κ1) is 13.2. The normalized spacial score (nSPS) is 10.1. The number of benzene rings is 1. The molecule has 2 aromatic rings. The molecule has 1 aromatic carbocycles. The smallest absolute Gasteiger partial charge is 0.125 e. The molecule has 4 nitrogen and oxygen atoms in total. The maximum absolute atomic E-state index is 5.16. The van der Waals surface area contributed by atoms with Gasteiger partial charge in [0.15, 0.2) is 0 Å². The molecule has 100 valence electrons. The van der Waals surface area contributed by atoms with Gasteiger partial charge in [0.05, 0.1) is 7.11 Å². The number of hydrogen-bond donors (Lipinski definition) is 1. The van der Waals surface area contributed by atoms with Crippen LogP contribution in [-0.4, -0.2) is 26.2 Å². The van der Waals surface area contributed by atoms with Crippen LogP contribution in [0.1, 0.15) is 5.56 Å². The zero-order valence-corrected chi connectivity index (χ0v) is 11.6. The van der Waals surface area contributed by atoms with Gasteiger partial charge in [0.25, 0.3) is 0 Å². The predicted octanol–water partition coefficient (Wildman–Crippen LogP) is 2.77. The molecule has 0 aliphatic rings. The molecule has 1 heterocycles. The zero-order valence-electron chi connectivity index (χ0n) is 11.6. The fourth-order valence-corrected chi connectivity index (χ4v) is 1.91. The fourth-order valence-electron chi connectivity index (χ4n) is 1.91. The van der Waals surface area contributed by atoms with Gasteiger partial charge in [0.1, 0.15) is 11.6 Å². The van der Waals surface area contributed by atoms with E-state index in [9.17, 15) is 0 Å². The Balaban J connectivity index is 2.08. The molecule has 0 spiro atoms. The minimum atomic E-state index is 0.837. The molecule has 19 heavy (non-hydrogen) atoms. The number of hydrogen-bond acceptors (Lipinski definition) is 4. The van der Waals surface area contributed by atoms with Gasteiger partial charge in [0, 0.05) is 32.5 Å². The second kappa shape index (κ2) is 6.09. The van der Waals surface area contributed by atoms with E-state index in [1.165, 1.54) is 5.56 Å². The van der Waals surface area contributed by atoms with Gasteiger partial charge in [-0.05, 0) is 42.0 Å². The van der Waals surface area contributed by atoms with Crippen molar-refractivity contribution < 1.29 is 4.74 Å². The Bertz CT molecular complexity index is 525. The van der Waals surface area contributed by atoms with Gasteiger partial charge in [-0.1, -0.05) is 0 Å². The van der Waals surface area contributed by atoms with Crippen LogP contribution in [0.4, 0.5) is 11.5 Å². The van der Waals surface area contributed by atoms with Crippen molar-refractivity contribution in [2.75, 3.05) is 31.4 Å². The third kappa shape index (κ3) is 3.37. The SMILES string of the molecule is CNc1cc(CN(C)c2ccc(OC)cc2)ccn1. The molecular formula is C15H19N3O. The number of anilines is 2. The summed E-state index contributed by atoms with van der Waals surface area (Å²) in [6, 6.07) is 12.1. The lowest BCUT2D eigenvalue weighted by Crippen LogP contribution is -2.16. The van der Waals surface area contributed by atoms with Gasteiger partial charge in [-0.25, -0.2) is 4.98 Å². The lowest BCUT2D eigenvalue weighted by atomic mass is 10.2. The maximum Gasteiger partial charge on any atom is 0.125 e. The minimum absolute atomic E-state index is 0.837. The summed E-state index contributed by atoms with van der Waals surface area (Å²) < 4.78 is 5.16. The first-order chi connectivity index (χ1) is 9.22. The second-order valence-corrected chi connectivity index (χ2v) is 4.35. The summed E-state index contributed by atoms with van der Waals surface area (Å²) in [5.74, 6) is 1.76. The topological polar surface area (TPSA) is 37.4 Å². The Labute approximate surface area is 114 Å². The Morgan fingerprint density at radius 2 is 1.95 bits per heavy atom. The number of rotatable bonds is 5. The largest absolute Gasteiger partial charge is 0.497 e. The van der Waals surface area contributed by atoms with E-state index in [1.54, 1.807) is 7.11 Å². The van der Waals surface area contributed by atoms with Crippen molar-refractivity contribution in [3.63, 3.8) is 0 Å². The molecule has 0 atom stereocenters. The molecule has 0 saturated carbocycles. The number of pyridine rings is 1. The number of aromatic nitrogens is 1. The maximum atomic E-state index is 5.16. The Morgan fingerprint density at radius 3 is 2.58 bits per heavy atom. The van der Waals surface area contributed by atoms with Crippen LogP contribution in [0.5, 0.6) is 5.75 Å². The van der Waals surface area contributed by atoms with E-state index in [1.807, 2.05) is 31.4 Å². The van der Waals surface area contributed by atoms with Gasteiger partial charge in [-0.3, -0.25) is 0 Å².